The normalized spacial score (nSPS) is 11.3. The van der Waals surface area contributed by atoms with Crippen molar-refractivity contribution in [1.29, 1.82) is 0 Å². The first-order valence-corrected chi connectivity index (χ1v) is 10.4. The van der Waals surface area contributed by atoms with Crippen molar-refractivity contribution in [1.82, 2.24) is 9.97 Å². The van der Waals surface area contributed by atoms with Crippen LogP contribution in [0.15, 0.2) is 12.3 Å². The van der Waals surface area contributed by atoms with Crippen LogP contribution in [0.5, 0.6) is 0 Å². The molecule has 2 rings (SSSR count). The second-order valence-corrected chi connectivity index (χ2v) is 8.46. The first kappa shape index (κ1) is 24.6. The molecule has 0 fully saturated rings. The molecule has 2 aromatic heterocycles. The minimum absolute atomic E-state index is 0.0541. The van der Waals surface area contributed by atoms with Gasteiger partial charge in [0, 0.05) is 18.7 Å². The number of carboxylic acids is 1. The maximum Gasteiger partial charge on any atom is 0.490 e. The molecule has 0 aliphatic carbocycles. The number of carboxylic acid groups (broad SMARTS) is 1. The van der Waals surface area contributed by atoms with Crippen LogP contribution in [0.2, 0.25) is 5.15 Å². The van der Waals surface area contributed by atoms with E-state index in [-0.39, 0.29) is 16.7 Å². The van der Waals surface area contributed by atoms with Crippen molar-refractivity contribution in [2.45, 2.75) is 20.0 Å². The number of aliphatic carboxylic acids is 1. The van der Waals surface area contributed by atoms with Gasteiger partial charge >= 0.3 is 12.1 Å². The van der Waals surface area contributed by atoms with E-state index in [0.717, 1.165) is 11.1 Å². The van der Waals surface area contributed by atoms with Gasteiger partial charge < -0.3 is 10.4 Å². The summed E-state index contributed by atoms with van der Waals surface area (Å²) in [5, 5.41) is 10.3. The van der Waals surface area contributed by atoms with E-state index >= 15 is 0 Å². The monoisotopic (exact) mass is 474 g/mol. The third-order valence-electron chi connectivity index (χ3n) is 2.72. The molecule has 15 heteroatoms. The van der Waals surface area contributed by atoms with Gasteiger partial charge in [-0.1, -0.05) is 22.9 Å². The highest BCUT2D eigenvalue weighted by atomic mass is 35.5. The van der Waals surface area contributed by atoms with Crippen LogP contribution in [0, 0.1) is 6.92 Å². The minimum atomic E-state index is -5.08. The molecule has 0 saturated carbocycles. The number of hydrogen-bond donors (Lipinski definition) is 3. The second-order valence-electron chi connectivity index (χ2n) is 5.35. The fraction of sp³-hybridized carbons (Fsp3) is 0.286. The van der Waals surface area contributed by atoms with E-state index in [1.54, 1.807) is 13.0 Å². The smallest absolute Gasteiger partial charge is 0.475 e. The van der Waals surface area contributed by atoms with Crippen LogP contribution in [-0.4, -0.2) is 47.8 Å². The Labute approximate surface area is 172 Å². The highest BCUT2D eigenvalue weighted by Crippen LogP contribution is 2.35. The van der Waals surface area contributed by atoms with Crippen molar-refractivity contribution in [3.8, 4) is 10.4 Å². The number of sulfonamides is 1. The third-order valence-corrected chi connectivity index (χ3v) is 4.73. The first-order valence-electron chi connectivity index (χ1n) is 7.29. The summed E-state index contributed by atoms with van der Waals surface area (Å²) in [6.07, 6.45) is -2.53. The van der Waals surface area contributed by atoms with E-state index in [4.69, 9.17) is 21.5 Å². The molecule has 0 aliphatic rings. The molecule has 0 unspecified atom stereocenters. The third kappa shape index (κ3) is 8.21. The highest BCUT2D eigenvalue weighted by molar-refractivity contribution is 7.92. The number of pyridine rings is 1. The lowest BCUT2D eigenvalue weighted by Gasteiger charge is -2.07. The van der Waals surface area contributed by atoms with Crippen LogP contribution in [0.1, 0.15) is 12.6 Å². The number of halogens is 4. The Morgan fingerprint density at radius 3 is 2.31 bits per heavy atom. The number of rotatable bonds is 4. The Morgan fingerprint density at radius 1 is 1.31 bits per heavy atom. The Bertz CT molecular complexity index is 1020. The van der Waals surface area contributed by atoms with Crippen molar-refractivity contribution >= 4 is 55.7 Å². The van der Waals surface area contributed by atoms with Gasteiger partial charge in [0.25, 0.3) is 0 Å². The Morgan fingerprint density at radius 2 is 1.86 bits per heavy atom. The van der Waals surface area contributed by atoms with Gasteiger partial charge in [0.2, 0.25) is 15.9 Å². The van der Waals surface area contributed by atoms with Crippen LogP contribution in [-0.2, 0) is 19.6 Å². The van der Waals surface area contributed by atoms with Crippen molar-refractivity contribution in [3.63, 3.8) is 0 Å². The number of thiazole rings is 1. The topological polar surface area (TPSA) is 138 Å². The van der Waals surface area contributed by atoms with Crippen molar-refractivity contribution in [2.75, 3.05) is 16.3 Å². The summed E-state index contributed by atoms with van der Waals surface area (Å²) < 4.78 is 56.7. The lowest BCUT2D eigenvalue weighted by molar-refractivity contribution is -0.192. The lowest BCUT2D eigenvalue weighted by atomic mass is 10.2. The summed E-state index contributed by atoms with van der Waals surface area (Å²) in [5.41, 5.74) is 1.54. The molecular weight excluding hydrogens is 461 g/mol. The number of aryl methyl sites for hydroxylation is 1. The average Bonchev–Trinajstić information content (AvgIpc) is 2.87. The second kappa shape index (κ2) is 9.37. The van der Waals surface area contributed by atoms with Crippen molar-refractivity contribution in [2.24, 2.45) is 0 Å². The number of aromatic nitrogens is 2. The number of nitrogens with zero attached hydrogens (tertiary/aromatic N) is 2. The largest absolute Gasteiger partial charge is 0.490 e. The SMILES string of the molecule is CC(=O)Nc1nc(C)c(-c2cnc(Cl)c(NS(C)(=O)=O)c2)s1.O=C(O)C(F)(F)F. The average molecular weight is 475 g/mol. The predicted octanol–water partition coefficient (Wildman–Crippen LogP) is 3.13. The predicted molar refractivity (Wildman–Crippen MR) is 102 cm³/mol. The molecule has 0 bridgehead atoms. The van der Waals surface area contributed by atoms with E-state index in [2.05, 4.69) is 20.0 Å². The molecule has 9 nitrogen and oxygen atoms in total. The van der Waals surface area contributed by atoms with E-state index in [1.165, 1.54) is 24.5 Å². The molecule has 2 heterocycles. The van der Waals surface area contributed by atoms with Gasteiger partial charge in [-0.2, -0.15) is 13.2 Å². The van der Waals surface area contributed by atoms with Gasteiger partial charge in [-0.25, -0.2) is 23.2 Å². The molecule has 2 aromatic rings. The summed E-state index contributed by atoms with van der Waals surface area (Å²) in [7, 11) is -3.46. The maximum absolute atomic E-state index is 11.3. The number of carbonyl (C=O) groups is 2. The van der Waals surface area contributed by atoms with Crippen LogP contribution < -0.4 is 10.0 Å². The number of anilines is 2. The van der Waals surface area contributed by atoms with Crippen LogP contribution in [0.3, 0.4) is 0 Å². The quantitative estimate of drug-likeness (QED) is 0.578. The number of alkyl halides is 3. The van der Waals surface area contributed by atoms with Crippen molar-refractivity contribution in [3.05, 3.63) is 23.1 Å². The Balaban J connectivity index is 0.000000516. The number of amides is 1. The van der Waals surface area contributed by atoms with Gasteiger partial charge in [0.05, 0.1) is 22.5 Å². The fourth-order valence-electron chi connectivity index (χ4n) is 1.71. The summed E-state index contributed by atoms with van der Waals surface area (Å²) in [5.74, 6) is -2.97. The number of carbonyl (C=O) groups excluding carboxylic acids is 1. The molecule has 160 valence electrons. The standard InChI is InChI=1S/C12H13ClN4O3S2.C2HF3O2/c1-6-10(21-12(15-6)16-7(2)18)8-4-9(11(13)14-5-8)17-22(3,19)20;3-2(4,5)1(6)7/h4-5,17H,1-3H3,(H,15,16,18);(H,6,7). The number of hydrogen-bond acceptors (Lipinski definition) is 7. The zero-order valence-corrected chi connectivity index (χ0v) is 17.3. The van der Waals surface area contributed by atoms with E-state index in [0.29, 0.717) is 16.4 Å². The van der Waals surface area contributed by atoms with Gasteiger partial charge in [0.15, 0.2) is 10.3 Å². The molecular formula is C14H14ClF3N4O5S2. The van der Waals surface area contributed by atoms with Crippen LogP contribution >= 0.6 is 22.9 Å². The molecule has 0 atom stereocenters. The highest BCUT2D eigenvalue weighted by Gasteiger charge is 2.38. The number of nitrogens with one attached hydrogen (secondary N) is 2. The van der Waals surface area contributed by atoms with Gasteiger partial charge in [-0.15, -0.1) is 0 Å². The van der Waals surface area contributed by atoms with Crippen molar-refractivity contribution < 1.29 is 36.3 Å². The molecule has 1 amide bonds. The summed E-state index contributed by atoms with van der Waals surface area (Å²) >= 11 is 7.17. The maximum atomic E-state index is 11.3. The zero-order chi connectivity index (χ0) is 22.6. The summed E-state index contributed by atoms with van der Waals surface area (Å²) in [4.78, 5) is 29.0. The summed E-state index contributed by atoms with van der Waals surface area (Å²) in [6, 6.07) is 1.58. The molecule has 3 N–H and O–H groups in total. The molecule has 0 saturated heterocycles. The Hall–Kier alpha value is -2.45. The fourth-order valence-corrected chi connectivity index (χ4v) is 3.47. The Kier molecular flexibility index (Phi) is 7.94. The zero-order valence-electron chi connectivity index (χ0n) is 15.0. The molecule has 0 aromatic carbocycles. The molecule has 0 aliphatic heterocycles. The molecule has 29 heavy (non-hydrogen) atoms. The van der Waals surface area contributed by atoms with Gasteiger partial charge in [0.1, 0.15) is 0 Å². The molecule has 0 spiro atoms. The summed E-state index contributed by atoms with van der Waals surface area (Å²) in [6.45, 7) is 3.18. The molecule has 0 radical (unpaired) electrons. The first-order chi connectivity index (χ1) is 13.1. The van der Waals surface area contributed by atoms with E-state index < -0.39 is 22.2 Å². The lowest BCUT2D eigenvalue weighted by Crippen LogP contribution is -2.21. The van der Waals surface area contributed by atoms with E-state index in [9.17, 15) is 26.4 Å². The van der Waals surface area contributed by atoms with Crippen LogP contribution in [0.25, 0.3) is 10.4 Å². The van der Waals surface area contributed by atoms with E-state index in [1.807, 2.05) is 0 Å². The van der Waals surface area contributed by atoms with Gasteiger partial charge in [-0.3, -0.25) is 9.52 Å². The van der Waals surface area contributed by atoms with Gasteiger partial charge in [-0.05, 0) is 13.0 Å². The van der Waals surface area contributed by atoms with Crippen LogP contribution in [0.4, 0.5) is 24.0 Å². The minimum Gasteiger partial charge on any atom is -0.475 e.